The van der Waals surface area contributed by atoms with Crippen molar-refractivity contribution in [3.05, 3.63) is 40.9 Å². The molecule has 0 aliphatic carbocycles. The van der Waals surface area contributed by atoms with Crippen LogP contribution in [-0.4, -0.2) is 92.4 Å². The molecule has 2 rings (SSSR count). The summed E-state index contributed by atoms with van der Waals surface area (Å²) in [7, 11) is 8.28. The Hall–Kier alpha value is -4.17. The number of thiazole rings is 1. The van der Waals surface area contributed by atoms with Gasteiger partial charge in [0.1, 0.15) is 11.4 Å². The van der Waals surface area contributed by atoms with Gasteiger partial charge < -0.3 is 34.6 Å². The number of methoxy groups -OCH3 is 3. The fourth-order valence-corrected chi connectivity index (χ4v) is 3.12. The monoisotopic (exact) mass is 524 g/mol. The number of nitrogens with one attached hydrogen (secondary N) is 2. The first-order valence-electron chi connectivity index (χ1n) is 10.2. The minimum absolute atomic E-state index is 0.248. The van der Waals surface area contributed by atoms with Gasteiger partial charge in [-0.25, -0.2) is 14.6 Å². The fourth-order valence-electron chi connectivity index (χ4n) is 2.43. The number of aromatic nitrogens is 1. The molecule has 2 amide bonds. The Kier molecular flexibility index (Phi) is 12.4. The second kappa shape index (κ2) is 15.0. The van der Waals surface area contributed by atoms with Crippen molar-refractivity contribution in [2.45, 2.75) is 0 Å². The number of hydrogen-bond acceptors (Lipinski definition) is 10. The van der Waals surface area contributed by atoms with E-state index in [0.29, 0.717) is 41.1 Å². The fraction of sp³-hybridized carbons (Fsp3) is 0.318. The lowest BCUT2D eigenvalue weighted by Crippen LogP contribution is -2.31. The molecule has 0 bridgehead atoms. The van der Waals surface area contributed by atoms with Gasteiger partial charge >= 0.3 is 11.9 Å². The van der Waals surface area contributed by atoms with Gasteiger partial charge in [-0.15, -0.1) is 11.3 Å². The molecule has 13 nitrogen and oxygen atoms in total. The van der Waals surface area contributed by atoms with Crippen molar-refractivity contribution >= 4 is 40.2 Å². The molecule has 0 fully saturated rings. The normalized spacial score (nSPS) is 10.3. The van der Waals surface area contributed by atoms with E-state index < -0.39 is 17.8 Å². The molecule has 0 spiro atoms. The summed E-state index contributed by atoms with van der Waals surface area (Å²) in [6.07, 6.45) is 1.12. The third-order valence-electron chi connectivity index (χ3n) is 4.12. The Balaban J connectivity index is 0.000000697. The van der Waals surface area contributed by atoms with Crippen LogP contribution in [0.25, 0.3) is 0 Å². The number of likely N-dealkylation sites (N-methyl/N-ethyl adjacent to an activating group) is 1. The lowest BCUT2D eigenvalue weighted by Gasteiger charge is -2.13. The zero-order chi connectivity index (χ0) is 27.3. The van der Waals surface area contributed by atoms with Crippen molar-refractivity contribution in [2.24, 2.45) is 0 Å². The molecule has 0 saturated carbocycles. The van der Waals surface area contributed by atoms with Crippen molar-refractivity contribution in [1.82, 2.24) is 15.2 Å². The molecule has 0 aliphatic heterocycles. The van der Waals surface area contributed by atoms with E-state index in [9.17, 15) is 19.2 Å². The average Bonchev–Trinajstić information content (AvgIpc) is 3.30. The van der Waals surface area contributed by atoms with Crippen molar-refractivity contribution in [3.63, 3.8) is 0 Å². The van der Waals surface area contributed by atoms with Crippen molar-refractivity contribution in [1.29, 1.82) is 0 Å². The van der Waals surface area contributed by atoms with E-state index in [0.717, 1.165) is 17.9 Å². The van der Waals surface area contributed by atoms with Crippen LogP contribution in [0.4, 0.5) is 5.13 Å². The molecule has 36 heavy (non-hydrogen) atoms. The van der Waals surface area contributed by atoms with Gasteiger partial charge in [0.15, 0.2) is 16.6 Å². The molecule has 0 saturated heterocycles. The van der Waals surface area contributed by atoms with Crippen LogP contribution in [0, 0.1) is 0 Å². The summed E-state index contributed by atoms with van der Waals surface area (Å²) in [5.74, 6) is -2.07. The Morgan fingerprint density at radius 3 is 2.00 bits per heavy atom. The van der Waals surface area contributed by atoms with Crippen molar-refractivity contribution in [3.8, 4) is 17.2 Å². The van der Waals surface area contributed by atoms with Crippen LogP contribution < -0.4 is 24.8 Å². The number of ether oxygens (including phenoxy) is 3. The van der Waals surface area contributed by atoms with E-state index in [1.807, 2.05) is 19.0 Å². The van der Waals surface area contributed by atoms with E-state index in [2.05, 4.69) is 15.6 Å². The average molecular weight is 525 g/mol. The Morgan fingerprint density at radius 2 is 1.50 bits per heavy atom. The molecule has 4 N–H and O–H groups in total. The van der Waals surface area contributed by atoms with Crippen LogP contribution >= 0.6 is 11.3 Å². The third kappa shape index (κ3) is 9.99. The van der Waals surface area contributed by atoms with E-state index in [-0.39, 0.29) is 17.2 Å². The summed E-state index contributed by atoms with van der Waals surface area (Å²) in [6.45, 7) is 1.23. The van der Waals surface area contributed by atoms with Gasteiger partial charge in [0.05, 0.1) is 26.9 Å². The Morgan fingerprint density at radius 1 is 0.944 bits per heavy atom. The van der Waals surface area contributed by atoms with E-state index in [4.69, 9.17) is 24.4 Å². The summed E-state index contributed by atoms with van der Waals surface area (Å²) < 4.78 is 15.7. The molecular weight excluding hydrogens is 496 g/mol. The Labute approximate surface area is 211 Å². The minimum atomic E-state index is -1.26. The second-order valence-electron chi connectivity index (χ2n) is 6.97. The van der Waals surface area contributed by atoms with Crippen LogP contribution in [0.3, 0.4) is 0 Å². The number of carboxylic acid groups (broad SMARTS) is 2. The van der Waals surface area contributed by atoms with Crippen LogP contribution in [0.2, 0.25) is 0 Å². The molecule has 0 aliphatic rings. The quantitative estimate of drug-likeness (QED) is 0.313. The van der Waals surface area contributed by atoms with Gasteiger partial charge in [-0.2, -0.15) is 0 Å². The number of carbonyl (C=O) groups excluding carboxylic acids is 2. The van der Waals surface area contributed by atoms with Gasteiger partial charge in [-0.1, -0.05) is 0 Å². The third-order valence-corrected chi connectivity index (χ3v) is 4.88. The first kappa shape index (κ1) is 29.9. The number of anilines is 1. The van der Waals surface area contributed by atoms with E-state index >= 15 is 0 Å². The maximum Gasteiger partial charge on any atom is 0.328 e. The highest BCUT2D eigenvalue weighted by atomic mass is 32.1. The highest BCUT2D eigenvalue weighted by molar-refractivity contribution is 7.14. The lowest BCUT2D eigenvalue weighted by molar-refractivity contribution is -0.134. The molecule has 14 heteroatoms. The molecule has 1 heterocycles. The highest BCUT2D eigenvalue weighted by Crippen LogP contribution is 2.35. The maximum atomic E-state index is 12.7. The van der Waals surface area contributed by atoms with Crippen LogP contribution in [0.5, 0.6) is 17.2 Å². The first-order chi connectivity index (χ1) is 17.0. The zero-order valence-corrected chi connectivity index (χ0v) is 21.2. The topological polar surface area (TPSA) is 177 Å². The largest absolute Gasteiger partial charge is 0.496 e. The summed E-state index contributed by atoms with van der Waals surface area (Å²) in [5.41, 5.74) is 0.505. The van der Waals surface area contributed by atoms with Gasteiger partial charge in [0.25, 0.3) is 11.8 Å². The van der Waals surface area contributed by atoms with E-state index in [1.54, 1.807) is 11.4 Å². The Bertz CT molecular complexity index is 1080. The van der Waals surface area contributed by atoms with Gasteiger partial charge in [-0.05, 0) is 14.1 Å². The number of carboxylic acids is 2. The minimum Gasteiger partial charge on any atom is -0.496 e. The molecule has 0 radical (unpaired) electrons. The number of rotatable bonds is 11. The van der Waals surface area contributed by atoms with Crippen molar-refractivity contribution in [2.75, 3.05) is 53.8 Å². The van der Waals surface area contributed by atoms with Gasteiger partial charge in [0, 0.05) is 42.8 Å². The number of hydrogen-bond donors (Lipinski definition) is 4. The van der Waals surface area contributed by atoms with Crippen LogP contribution in [-0.2, 0) is 9.59 Å². The van der Waals surface area contributed by atoms with Gasteiger partial charge in [-0.3, -0.25) is 14.9 Å². The summed E-state index contributed by atoms with van der Waals surface area (Å²) >= 11 is 1.16. The predicted octanol–water partition coefficient (Wildman–Crippen LogP) is 1.42. The van der Waals surface area contributed by atoms with Crippen molar-refractivity contribution < 1.29 is 43.6 Å². The molecule has 0 unspecified atom stereocenters. The van der Waals surface area contributed by atoms with Crippen LogP contribution in [0.15, 0.2) is 29.7 Å². The SMILES string of the molecule is COc1cc(OC)c(C(=O)Nc2nc(C(=O)NCCN(C)C)cs2)cc1OC.O=C(O)/C=C\C(=O)O. The molecule has 2 aromatic rings. The van der Waals surface area contributed by atoms with Crippen LogP contribution in [0.1, 0.15) is 20.8 Å². The summed E-state index contributed by atoms with van der Waals surface area (Å²) in [6, 6.07) is 3.09. The molecule has 1 aromatic heterocycles. The molecule has 1 aromatic carbocycles. The summed E-state index contributed by atoms with van der Waals surface area (Å²) in [4.78, 5) is 50.0. The number of amides is 2. The molecule has 0 atom stereocenters. The first-order valence-corrected chi connectivity index (χ1v) is 11.0. The standard InChI is InChI=1S/C18H24N4O5S.C4H4O4/c1-22(2)7-6-19-17(24)12-10-28-18(20-12)21-16(23)11-8-14(26-4)15(27-5)9-13(11)25-3;5-3(6)1-2-4(7)8/h8-10H,6-7H2,1-5H3,(H,19,24)(H,20,21,23);1-2H,(H,5,6)(H,7,8)/b;2-1-. The number of aliphatic carboxylic acids is 2. The smallest absolute Gasteiger partial charge is 0.328 e. The summed E-state index contributed by atoms with van der Waals surface area (Å²) in [5, 5.41) is 23.0. The predicted molar refractivity (Wildman–Crippen MR) is 131 cm³/mol. The maximum absolute atomic E-state index is 12.7. The second-order valence-corrected chi connectivity index (χ2v) is 7.83. The van der Waals surface area contributed by atoms with Gasteiger partial charge in [0.2, 0.25) is 0 Å². The number of nitrogens with zero attached hydrogens (tertiary/aromatic N) is 2. The lowest BCUT2D eigenvalue weighted by atomic mass is 10.1. The zero-order valence-electron chi connectivity index (χ0n) is 20.4. The molecular formula is C22H28N4O9S. The molecule has 196 valence electrons. The van der Waals surface area contributed by atoms with E-state index in [1.165, 1.54) is 27.4 Å². The number of carbonyl (C=O) groups is 4. The number of benzene rings is 1. The highest BCUT2D eigenvalue weighted by Gasteiger charge is 2.19.